The molecule has 13 aromatic rings. The van der Waals surface area contributed by atoms with Crippen molar-refractivity contribution in [3.63, 3.8) is 0 Å². The Labute approximate surface area is 420 Å². The monoisotopic (exact) mass is 922 g/mol. The molecule has 2 heterocycles. The molecule has 4 heteroatoms. The number of nitrogens with zero attached hydrogens (tertiary/aromatic N) is 4. The maximum Gasteiger partial charge on any atom is 0.0542 e. The number of para-hydroxylation sites is 3. The van der Waals surface area contributed by atoms with Crippen LogP contribution in [0.4, 0.5) is 22.7 Å². The molecule has 0 saturated carbocycles. The van der Waals surface area contributed by atoms with Crippen LogP contribution in [-0.2, 0) is 6.54 Å². The van der Waals surface area contributed by atoms with E-state index in [9.17, 15) is 0 Å². The van der Waals surface area contributed by atoms with E-state index in [1.54, 1.807) is 0 Å². The molecule has 0 N–H and O–H groups in total. The van der Waals surface area contributed by atoms with Crippen molar-refractivity contribution < 1.29 is 0 Å². The van der Waals surface area contributed by atoms with Gasteiger partial charge in [0.1, 0.15) is 0 Å². The van der Waals surface area contributed by atoms with Gasteiger partial charge in [0, 0.05) is 69.3 Å². The molecule has 2 aromatic heterocycles. The van der Waals surface area contributed by atoms with Crippen LogP contribution >= 0.6 is 0 Å². The summed E-state index contributed by atoms with van der Waals surface area (Å²) in [6.45, 7) is 0.722. The first-order chi connectivity index (χ1) is 35.6. The molecule has 0 amide bonds. The quantitative estimate of drug-likeness (QED) is 0.129. The molecule has 4 nitrogen and oxygen atoms in total. The first kappa shape index (κ1) is 42.7. The fourth-order valence-electron chi connectivity index (χ4n) is 10.7. The molecular formula is C68H50N4. The van der Waals surface area contributed by atoms with Crippen LogP contribution in [0, 0.1) is 0 Å². The van der Waals surface area contributed by atoms with Gasteiger partial charge in [-0.05, 0) is 136 Å². The summed E-state index contributed by atoms with van der Waals surface area (Å²) in [4.78, 5) is 4.70. The molecule has 0 bridgehead atoms. The van der Waals surface area contributed by atoms with Gasteiger partial charge < -0.3 is 18.9 Å². The second-order valence-electron chi connectivity index (χ2n) is 18.7. The van der Waals surface area contributed by atoms with Gasteiger partial charge in [-0.2, -0.15) is 0 Å². The molecule has 13 rings (SSSR count). The van der Waals surface area contributed by atoms with Gasteiger partial charge in [-0.1, -0.05) is 176 Å². The van der Waals surface area contributed by atoms with Gasteiger partial charge >= 0.3 is 0 Å². The first-order valence-corrected chi connectivity index (χ1v) is 24.8. The minimum absolute atomic E-state index is 0.722. The van der Waals surface area contributed by atoms with Crippen LogP contribution in [0.2, 0.25) is 0 Å². The standard InChI is InChI=1S/C68H50N4/c1-69(55-35-29-52(30-36-55)49-15-5-2-6-16-49)59-41-43-67-63(45-59)61-21-11-13-23-65(61)71(67)58-39-33-54(34-40-58)51-27-25-48(26-28-51)47-70(56-19-9-4-10-20-56)60-42-44-68-64(46-60)62-22-12-14-24-66(62)72(68)57-37-31-53(32-38-57)50-17-7-3-8-18-50/h2-46H,47H2,1H3. The van der Waals surface area contributed by atoms with E-state index >= 15 is 0 Å². The molecule has 0 atom stereocenters. The number of anilines is 4. The third-order valence-corrected chi connectivity index (χ3v) is 14.4. The lowest BCUT2D eigenvalue weighted by molar-refractivity contribution is 0.977. The SMILES string of the molecule is CN(c1ccc(-c2ccccc2)cc1)c1ccc2c(c1)c1ccccc1n2-c1ccc(-c2ccc(CN(c3ccccc3)c3ccc4c(c3)c3ccccc3n4-c3ccc(-c4ccccc4)cc3)cc2)cc1. The number of rotatable bonds is 11. The third kappa shape index (κ3) is 7.76. The number of aromatic nitrogens is 2. The Morgan fingerprint density at radius 2 is 0.639 bits per heavy atom. The topological polar surface area (TPSA) is 16.3 Å². The van der Waals surface area contributed by atoms with Crippen LogP contribution in [0.15, 0.2) is 273 Å². The van der Waals surface area contributed by atoms with Crippen molar-refractivity contribution in [2.45, 2.75) is 6.54 Å². The van der Waals surface area contributed by atoms with Crippen molar-refractivity contribution in [1.82, 2.24) is 9.13 Å². The highest BCUT2D eigenvalue weighted by Crippen LogP contribution is 2.39. The van der Waals surface area contributed by atoms with Gasteiger partial charge in [0.15, 0.2) is 0 Å². The van der Waals surface area contributed by atoms with E-state index in [0.717, 1.165) is 40.7 Å². The zero-order chi connectivity index (χ0) is 48.0. The Bertz CT molecular complexity index is 4020. The van der Waals surface area contributed by atoms with E-state index in [1.165, 1.54) is 82.6 Å². The van der Waals surface area contributed by atoms with Crippen LogP contribution in [0.1, 0.15) is 5.56 Å². The molecule has 0 spiro atoms. The van der Waals surface area contributed by atoms with Crippen molar-refractivity contribution in [2.24, 2.45) is 0 Å². The fraction of sp³-hybridized carbons (Fsp3) is 0.0294. The molecule has 0 aliphatic rings. The fourth-order valence-corrected chi connectivity index (χ4v) is 10.7. The van der Waals surface area contributed by atoms with Gasteiger partial charge in [-0.15, -0.1) is 0 Å². The molecule has 72 heavy (non-hydrogen) atoms. The van der Waals surface area contributed by atoms with Crippen LogP contribution in [-0.4, -0.2) is 16.2 Å². The predicted octanol–water partition coefficient (Wildman–Crippen LogP) is 18.0. The lowest BCUT2D eigenvalue weighted by Crippen LogP contribution is -2.16. The average Bonchev–Trinajstić information content (AvgIpc) is 3.97. The predicted molar refractivity (Wildman–Crippen MR) is 305 cm³/mol. The van der Waals surface area contributed by atoms with E-state index in [2.05, 4.69) is 299 Å². The lowest BCUT2D eigenvalue weighted by Gasteiger charge is -2.26. The highest BCUT2D eigenvalue weighted by Gasteiger charge is 2.18. The Morgan fingerprint density at radius 1 is 0.278 bits per heavy atom. The summed E-state index contributed by atoms with van der Waals surface area (Å²) in [7, 11) is 2.15. The van der Waals surface area contributed by atoms with Gasteiger partial charge in [-0.25, -0.2) is 0 Å². The number of hydrogen-bond donors (Lipinski definition) is 0. The Balaban J connectivity index is 0.775. The average molecular weight is 923 g/mol. The zero-order valence-corrected chi connectivity index (χ0v) is 40.0. The molecule has 11 aromatic carbocycles. The molecule has 0 aliphatic heterocycles. The highest BCUT2D eigenvalue weighted by atomic mass is 15.1. The van der Waals surface area contributed by atoms with Crippen LogP contribution < -0.4 is 9.80 Å². The summed E-state index contributed by atoms with van der Waals surface area (Å²) in [5, 5.41) is 4.94. The van der Waals surface area contributed by atoms with E-state index in [1.807, 2.05) is 0 Å². The zero-order valence-electron chi connectivity index (χ0n) is 40.0. The van der Waals surface area contributed by atoms with Crippen LogP contribution in [0.5, 0.6) is 0 Å². The molecule has 0 aliphatic carbocycles. The van der Waals surface area contributed by atoms with Gasteiger partial charge in [0.05, 0.1) is 22.1 Å². The largest absolute Gasteiger partial charge is 0.345 e. The van der Waals surface area contributed by atoms with Crippen molar-refractivity contribution in [3.05, 3.63) is 279 Å². The van der Waals surface area contributed by atoms with Gasteiger partial charge in [0.2, 0.25) is 0 Å². The number of fused-ring (bicyclic) bond motifs is 6. The van der Waals surface area contributed by atoms with Crippen LogP contribution in [0.3, 0.4) is 0 Å². The Kier molecular flexibility index (Phi) is 10.8. The molecule has 0 fully saturated rings. The second kappa shape index (κ2) is 18.2. The van der Waals surface area contributed by atoms with E-state index in [0.29, 0.717) is 0 Å². The smallest absolute Gasteiger partial charge is 0.0542 e. The summed E-state index contributed by atoms with van der Waals surface area (Å²) < 4.78 is 4.79. The number of hydrogen-bond acceptors (Lipinski definition) is 2. The summed E-state index contributed by atoms with van der Waals surface area (Å²) in [6, 6.07) is 99.1. The normalized spacial score (nSPS) is 11.5. The van der Waals surface area contributed by atoms with Crippen LogP contribution in [0.25, 0.3) is 88.4 Å². The summed E-state index contributed by atoms with van der Waals surface area (Å²) in [6.07, 6.45) is 0. The first-order valence-electron chi connectivity index (χ1n) is 24.8. The van der Waals surface area contributed by atoms with Gasteiger partial charge in [0.25, 0.3) is 0 Å². The summed E-state index contributed by atoms with van der Waals surface area (Å²) in [5.74, 6) is 0. The van der Waals surface area contributed by atoms with E-state index in [-0.39, 0.29) is 0 Å². The van der Waals surface area contributed by atoms with Crippen molar-refractivity contribution >= 4 is 66.4 Å². The van der Waals surface area contributed by atoms with E-state index < -0.39 is 0 Å². The third-order valence-electron chi connectivity index (χ3n) is 14.4. The van der Waals surface area contributed by atoms with Gasteiger partial charge in [-0.3, -0.25) is 0 Å². The maximum absolute atomic E-state index is 2.43. The summed E-state index contributed by atoms with van der Waals surface area (Å²) >= 11 is 0. The minimum Gasteiger partial charge on any atom is -0.345 e. The molecule has 0 saturated heterocycles. The molecule has 0 radical (unpaired) electrons. The van der Waals surface area contributed by atoms with E-state index in [4.69, 9.17) is 0 Å². The minimum atomic E-state index is 0.722. The molecule has 0 unspecified atom stereocenters. The molecule has 342 valence electrons. The molecular weight excluding hydrogens is 873 g/mol. The Morgan fingerprint density at radius 3 is 1.14 bits per heavy atom. The Hall–Kier alpha value is -9.38. The summed E-state index contributed by atoms with van der Waals surface area (Å²) in [5.41, 5.74) is 20.1. The highest BCUT2D eigenvalue weighted by molar-refractivity contribution is 6.11. The second-order valence-corrected chi connectivity index (χ2v) is 18.7. The number of benzene rings is 11. The van der Waals surface area contributed by atoms with Crippen molar-refractivity contribution in [3.8, 4) is 44.8 Å². The maximum atomic E-state index is 2.43. The van der Waals surface area contributed by atoms with Crippen molar-refractivity contribution in [2.75, 3.05) is 16.8 Å². The van der Waals surface area contributed by atoms with Crippen molar-refractivity contribution in [1.29, 1.82) is 0 Å². The lowest BCUT2D eigenvalue weighted by atomic mass is 10.0.